The van der Waals surface area contributed by atoms with Gasteiger partial charge in [-0.1, -0.05) is 26.0 Å². The fourth-order valence-corrected chi connectivity index (χ4v) is 5.07. The van der Waals surface area contributed by atoms with Gasteiger partial charge in [0.25, 0.3) is 0 Å². The zero-order valence-electron chi connectivity index (χ0n) is 24.7. The van der Waals surface area contributed by atoms with Gasteiger partial charge in [0.1, 0.15) is 13.2 Å². The van der Waals surface area contributed by atoms with Crippen LogP contribution in [0.1, 0.15) is 46.0 Å². The number of amides is 4. The highest BCUT2D eigenvalue weighted by Gasteiger charge is 2.37. The summed E-state index contributed by atoms with van der Waals surface area (Å²) in [6.07, 6.45) is 3.93. The van der Waals surface area contributed by atoms with Crippen molar-refractivity contribution in [1.29, 1.82) is 0 Å². The number of urea groups is 2. The summed E-state index contributed by atoms with van der Waals surface area (Å²) in [5.41, 5.74) is 0.606. The molecule has 0 radical (unpaired) electrons. The second-order valence-corrected chi connectivity index (χ2v) is 12.1. The minimum atomic E-state index is -2.75. The van der Waals surface area contributed by atoms with E-state index >= 15 is 0 Å². The van der Waals surface area contributed by atoms with Gasteiger partial charge in [-0.15, -0.1) is 0 Å². The van der Waals surface area contributed by atoms with Crippen LogP contribution in [0, 0.1) is 0 Å². The molecule has 0 aliphatic carbocycles. The summed E-state index contributed by atoms with van der Waals surface area (Å²) in [5.74, 6) is -0.987. The standard InChI is InChI=1S/C26H48N4O9Si/c1-21(2)23(31)38-18-14-28-25(33)27-13-10-8-9-11-16-30(17-12-20-40(35-5,36-6)37-7)26(34)29-15-19-39-24(32)22(3)4/h1,3,8-20H2,2,4-7H3,(H,29,34)(H2,27,28,33). The minimum absolute atomic E-state index is 0.0541. The molecule has 0 aromatic carbocycles. The van der Waals surface area contributed by atoms with Crippen molar-refractivity contribution in [3.8, 4) is 0 Å². The Morgan fingerprint density at radius 3 is 1.68 bits per heavy atom. The summed E-state index contributed by atoms with van der Waals surface area (Å²) in [6, 6.07) is -0.0234. The quantitative estimate of drug-likeness (QED) is 0.0748. The van der Waals surface area contributed by atoms with E-state index in [0.717, 1.165) is 25.7 Å². The number of nitrogens with one attached hydrogen (secondary N) is 3. The second-order valence-electron chi connectivity index (χ2n) is 9.05. The van der Waals surface area contributed by atoms with Crippen molar-refractivity contribution in [3.05, 3.63) is 24.3 Å². The molecule has 0 rings (SSSR count). The molecule has 14 heteroatoms. The zero-order valence-corrected chi connectivity index (χ0v) is 25.7. The maximum Gasteiger partial charge on any atom is 0.500 e. The molecule has 0 heterocycles. The van der Waals surface area contributed by atoms with E-state index in [0.29, 0.717) is 43.2 Å². The molecule has 0 saturated heterocycles. The third kappa shape index (κ3) is 16.9. The predicted octanol–water partition coefficient (Wildman–Crippen LogP) is 2.36. The zero-order chi connectivity index (χ0) is 30.4. The van der Waals surface area contributed by atoms with Crippen LogP contribution in [0.15, 0.2) is 24.3 Å². The average Bonchev–Trinajstić information content (AvgIpc) is 2.93. The number of ether oxygens (including phenoxy) is 2. The Kier molecular flexibility index (Phi) is 20.2. The first-order valence-electron chi connectivity index (χ1n) is 13.4. The van der Waals surface area contributed by atoms with E-state index in [1.165, 1.54) is 0 Å². The van der Waals surface area contributed by atoms with Gasteiger partial charge >= 0.3 is 32.8 Å². The van der Waals surface area contributed by atoms with E-state index < -0.39 is 20.7 Å². The first-order valence-corrected chi connectivity index (χ1v) is 15.3. The van der Waals surface area contributed by atoms with Crippen LogP contribution in [0.2, 0.25) is 6.04 Å². The summed E-state index contributed by atoms with van der Waals surface area (Å²) in [6.45, 7) is 12.2. The molecule has 0 aliphatic rings. The highest BCUT2D eigenvalue weighted by atomic mass is 28.4. The molecule has 0 bridgehead atoms. The number of carbonyl (C=O) groups is 4. The summed E-state index contributed by atoms with van der Waals surface area (Å²) in [4.78, 5) is 49.1. The van der Waals surface area contributed by atoms with E-state index in [4.69, 9.17) is 22.8 Å². The summed E-state index contributed by atoms with van der Waals surface area (Å²) in [7, 11) is 1.91. The van der Waals surface area contributed by atoms with Gasteiger partial charge in [-0.3, -0.25) is 0 Å². The van der Waals surface area contributed by atoms with Gasteiger partial charge in [-0.2, -0.15) is 0 Å². The number of hydrogen-bond acceptors (Lipinski definition) is 9. The van der Waals surface area contributed by atoms with Gasteiger partial charge in [0.05, 0.1) is 13.1 Å². The number of nitrogens with zero attached hydrogens (tertiary/aromatic N) is 1. The van der Waals surface area contributed by atoms with Crippen molar-refractivity contribution in [2.45, 2.75) is 52.0 Å². The topological polar surface area (TPSA) is 154 Å². The van der Waals surface area contributed by atoms with Gasteiger partial charge in [-0.05, 0) is 33.1 Å². The van der Waals surface area contributed by atoms with E-state index in [1.807, 2.05) is 0 Å². The second kappa shape index (κ2) is 21.8. The molecule has 0 aliphatic heterocycles. The van der Waals surface area contributed by atoms with Crippen LogP contribution in [0.4, 0.5) is 9.59 Å². The van der Waals surface area contributed by atoms with E-state index in [-0.39, 0.29) is 38.4 Å². The molecular weight excluding hydrogens is 540 g/mol. The summed E-state index contributed by atoms with van der Waals surface area (Å²) < 4.78 is 26.3. The smallest absolute Gasteiger partial charge is 0.460 e. The van der Waals surface area contributed by atoms with E-state index in [1.54, 1.807) is 40.1 Å². The molecular formula is C26H48N4O9Si. The molecule has 0 aromatic heterocycles. The van der Waals surface area contributed by atoms with Crippen molar-refractivity contribution < 1.29 is 41.9 Å². The van der Waals surface area contributed by atoms with Crippen LogP contribution < -0.4 is 16.0 Å². The molecule has 13 nitrogen and oxygen atoms in total. The fourth-order valence-electron chi connectivity index (χ4n) is 3.37. The molecule has 0 spiro atoms. The first-order chi connectivity index (χ1) is 19.0. The maximum atomic E-state index is 12.8. The molecule has 4 amide bonds. The lowest BCUT2D eigenvalue weighted by molar-refractivity contribution is -0.139. The number of hydrogen-bond donors (Lipinski definition) is 3. The van der Waals surface area contributed by atoms with Gasteiger partial charge in [0.2, 0.25) is 0 Å². The molecule has 230 valence electrons. The molecule has 0 saturated carbocycles. The number of rotatable bonds is 22. The van der Waals surface area contributed by atoms with Crippen LogP contribution in [0.25, 0.3) is 0 Å². The van der Waals surface area contributed by atoms with Crippen LogP contribution in [0.3, 0.4) is 0 Å². The lowest BCUT2D eigenvalue weighted by Gasteiger charge is -2.27. The number of unbranched alkanes of at least 4 members (excludes halogenated alkanes) is 3. The Bertz CT molecular complexity index is 814. The van der Waals surface area contributed by atoms with Crippen LogP contribution in [0.5, 0.6) is 0 Å². The minimum Gasteiger partial charge on any atom is -0.460 e. The van der Waals surface area contributed by atoms with Crippen molar-refractivity contribution in [2.75, 3.05) is 67.3 Å². The summed E-state index contributed by atoms with van der Waals surface area (Å²) in [5, 5.41) is 8.16. The average molecular weight is 589 g/mol. The lowest BCUT2D eigenvalue weighted by Crippen LogP contribution is -2.45. The van der Waals surface area contributed by atoms with E-state index in [2.05, 4.69) is 29.1 Å². The molecule has 40 heavy (non-hydrogen) atoms. The number of esters is 2. The molecule has 3 N–H and O–H groups in total. The third-order valence-corrected chi connectivity index (χ3v) is 8.53. The van der Waals surface area contributed by atoms with Crippen molar-refractivity contribution >= 4 is 32.8 Å². The Hall–Kier alpha value is -2.94. The molecule has 0 unspecified atom stereocenters. The molecule has 0 fully saturated rings. The normalized spacial score (nSPS) is 10.8. The van der Waals surface area contributed by atoms with Crippen molar-refractivity contribution in [2.24, 2.45) is 0 Å². The highest BCUT2D eigenvalue weighted by Crippen LogP contribution is 2.16. The third-order valence-electron chi connectivity index (χ3n) is 5.70. The SMILES string of the molecule is C=C(C)C(=O)OCCNC(=O)NCCCCCCN(CCC[Si](OC)(OC)OC)C(=O)NCCOC(=O)C(=C)C. The summed E-state index contributed by atoms with van der Waals surface area (Å²) >= 11 is 0. The van der Waals surface area contributed by atoms with Crippen LogP contribution >= 0.6 is 0 Å². The Balaban J connectivity index is 4.43. The largest absolute Gasteiger partial charge is 0.500 e. The highest BCUT2D eigenvalue weighted by molar-refractivity contribution is 6.60. The Labute approximate surface area is 239 Å². The Morgan fingerprint density at radius 2 is 1.15 bits per heavy atom. The van der Waals surface area contributed by atoms with Crippen LogP contribution in [-0.2, 0) is 32.3 Å². The van der Waals surface area contributed by atoms with E-state index in [9.17, 15) is 19.2 Å². The van der Waals surface area contributed by atoms with Crippen molar-refractivity contribution in [3.63, 3.8) is 0 Å². The predicted molar refractivity (Wildman–Crippen MR) is 153 cm³/mol. The van der Waals surface area contributed by atoms with Crippen molar-refractivity contribution in [1.82, 2.24) is 20.9 Å². The first kappa shape index (κ1) is 37.1. The molecule has 0 aromatic rings. The van der Waals surface area contributed by atoms with Gasteiger partial charge < -0.3 is 43.6 Å². The maximum absolute atomic E-state index is 12.8. The van der Waals surface area contributed by atoms with Crippen LogP contribution in [-0.4, -0.2) is 105 Å². The Morgan fingerprint density at radius 1 is 0.675 bits per heavy atom. The van der Waals surface area contributed by atoms with Gasteiger partial charge in [0, 0.05) is 58.2 Å². The lowest BCUT2D eigenvalue weighted by atomic mass is 10.2. The van der Waals surface area contributed by atoms with Gasteiger partial charge in [-0.25, -0.2) is 19.2 Å². The monoisotopic (exact) mass is 588 g/mol. The van der Waals surface area contributed by atoms with Gasteiger partial charge in [0.15, 0.2) is 0 Å². The molecule has 0 atom stereocenters. The fraction of sp³-hybridized carbons (Fsp3) is 0.692. The number of carbonyl (C=O) groups excluding carboxylic acids is 4.